The molecule has 2 aromatic rings. The number of nitrogens with one attached hydrogen (secondary N) is 2. The number of benzene rings is 1. The Morgan fingerprint density at radius 3 is 2.70 bits per heavy atom. The largest absolute Gasteiger partial charge is 0.356 e. The molecule has 1 aromatic heterocycles. The van der Waals surface area contributed by atoms with Crippen molar-refractivity contribution in [2.24, 2.45) is 4.99 Å². The van der Waals surface area contributed by atoms with Gasteiger partial charge in [-0.3, -0.25) is 4.99 Å². The van der Waals surface area contributed by atoms with Gasteiger partial charge in [0.05, 0.1) is 6.54 Å². The van der Waals surface area contributed by atoms with Gasteiger partial charge in [0.15, 0.2) is 5.96 Å². The lowest BCUT2D eigenvalue weighted by Gasteiger charge is -2.13. The normalized spacial score (nSPS) is 11.1. The number of aromatic nitrogens is 2. The second kappa shape index (κ2) is 14.8. The van der Waals surface area contributed by atoms with Crippen LogP contribution < -0.4 is 10.6 Å². The third kappa shape index (κ3) is 9.51. The van der Waals surface area contributed by atoms with E-state index in [2.05, 4.69) is 68.0 Å². The fourth-order valence-electron chi connectivity index (χ4n) is 2.77. The number of thioether (sulfide) groups is 1. The van der Waals surface area contributed by atoms with Crippen LogP contribution in [0.15, 0.2) is 47.7 Å². The highest BCUT2D eigenvalue weighted by Crippen LogP contribution is 2.06. The van der Waals surface area contributed by atoms with Crippen molar-refractivity contribution >= 4 is 41.7 Å². The van der Waals surface area contributed by atoms with Crippen molar-refractivity contribution < 1.29 is 0 Å². The number of aliphatic imine (C=N–C) groups is 1. The SMILES string of the molecule is CN=C(NCCCCSC)NCc1nccn1CCCc1ccccc1.I. The monoisotopic (exact) mass is 501 g/mol. The fourth-order valence-corrected chi connectivity index (χ4v) is 3.26. The number of halogens is 1. The lowest BCUT2D eigenvalue weighted by Crippen LogP contribution is -2.37. The molecule has 7 heteroatoms. The van der Waals surface area contributed by atoms with Gasteiger partial charge in [-0.15, -0.1) is 24.0 Å². The Labute approximate surface area is 184 Å². The maximum absolute atomic E-state index is 4.48. The molecule has 0 saturated carbocycles. The molecule has 27 heavy (non-hydrogen) atoms. The number of aryl methyl sites for hydroxylation is 2. The Balaban J connectivity index is 0.00000364. The number of hydrogen-bond acceptors (Lipinski definition) is 3. The van der Waals surface area contributed by atoms with Crippen LogP contribution in [0.25, 0.3) is 0 Å². The molecule has 2 N–H and O–H groups in total. The first-order chi connectivity index (χ1) is 12.8. The van der Waals surface area contributed by atoms with E-state index >= 15 is 0 Å². The molecule has 0 spiro atoms. The maximum atomic E-state index is 4.48. The van der Waals surface area contributed by atoms with E-state index < -0.39 is 0 Å². The third-order valence-corrected chi connectivity index (χ3v) is 4.91. The zero-order valence-corrected chi connectivity index (χ0v) is 19.5. The van der Waals surface area contributed by atoms with Gasteiger partial charge in [-0.1, -0.05) is 30.3 Å². The Morgan fingerprint density at radius 1 is 1.15 bits per heavy atom. The minimum absolute atomic E-state index is 0. The quantitative estimate of drug-likeness (QED) is 0.212. The number of guanidine groups is 1. The Hall–Kier alpha value is -1.22. The number of hydrogen-bond donors (Lipinski definition) is 2. The van der Waals surface area contributed by atoms with Crippen molar-refractivity contribution in [3.05, 3.63) is 54.1 Å². The van der Waals surface area contributed by atoms with E-state index in [1.807, 2.05) is 25.0 Å². The summed E-state index contributed by atoms with van der Waals surface area (Å²) in [6.45, 7) is 2.61. The molecule has 5 nitrogen and oxygen atoms in total. The molecule has 0 amide bonds. The molecule has 0 aliphatic heterocycles. The molecular weight excluding hydrogens is 469 g/mol. The second-order valence-electron chi connectivity index (χ2n) is 6.18. The van der Waals surface area contributed by atoms with Gasteiger partial charge in [0.2, 0.25) is 0 Å². The highest BCUT2D eigenvalue weighted by molar-refractivity contribution is 14.0. The molecule has 0 fully saturated rings. The average Bonchev–Trinajstić information content (AvgIpc) is 3.12. The number of unbranched alkanes of at least 4 members (excludes halogenated alkanes) is 1. The Morgan fingerprint density at radius 2 is 1.96 bits per heavy atom. The van der Waals surface area contributed by atoms with Crippen LogP contribution in [0.3, 0.4) is 0 Å². The van der Waals surface area contributed by atoms with Gasteiger partial charge in [0.25, 0.3) is 0 Å². The predicted molar refractivity (Wildman–Crippen MR) is 128 cm³/mol. The number of rotatable bonds is 11. The van der Waals surface area contributed by atoms with Gasteiger partial charge >= 0.3 is 0 Å². The number of nitrogens with zero attached hydrogens (tertiary/aromatic N) is 3. The summed E-state index contributed by atoms with van der Waals surface area (Å²) in [4.78, 5) is 8.77. The van der Waals surface area contributed by atoms with E-state index in [9.17, 15) is 0 Å². The minimum atomic E-state index is 0. The molecule has 0 unspecified atom stereocenters. The van der Waals surface area contributed by atoms with Crippen molar-refractivity contribution in [3.63, 3.8) is 0 Å². The standard InChI is InChI=1S/C20H31N5S.HI/c1-21-20(23-12-6-7-16-26-2)24-17-19-22-13-15-25(19)14-8-11-18-9-4-3-5-10-18;/h3-5,9-10,13,15H,6-8,11-12,14,16-17H2,1-2H3,(H2,21,23,24);1H. The van der Waals surface area contributed by atoms with Crippen molar-refractivity contribution in [1.29, 1.82) is 0 Å². The van der Waals surface area contributed by atoms with E-state index in [0.29, 0.717) is 6.54 Å². The molecule has 150 valence electrons. The van der Waals surface area contributed by atoms with Gasteiger partial charge in [0, 0.05) is 32.5 Å². The highest BCUT2D eigenvalue weighted by atomic mass is 127. The smallest absolute Gasteiger partial charge is 0.191 e. The van der Waals surface area contributed by atoms with Crippen LogP contribution in [0.2, 0.25) is 0 Å². The van der Waals surface area contributed by atoms with Gasteiger partial charge in [0.1, 0.15) is 5.82 Å². The molecule has 0 bridgehead atoms. The van der Waals surface area contributed by atoms with Crippen molar-refractivity contribution in [3.8, 4) is 0 Å². The van der Waals surface area contributed by atoms with E-state index in [0.717, 1.165) is 44.1 Å². The lowest BCUT2D eigenvalue weighted by atomic mass is 10.1. The minimum Gasteiger partial charge on any atom is -0.356 e. The van der Waals surface area contributed by atoms with E-state index in [1.54, 1.807) is 0 Å². The summed E-state index contributed by atoms with van der Waals surface area (Å²) in [5, 5.41) is 6.73. The summed E-state index contributed by atoms with van der Waals surface area (Å²) in [6, 6.07) is 10.6. The summed E-state index contributed by atoms with van der Waals surface area (Å²) < 4.78 is 2.22. The molecule has 0 radical (unpaired) electrons. The molecule has 2 rings (SSSR count). The predicted octanol–water partition coefficient (Wildman–Crippen LogP) is 3.94. The summed E-state index contributed by atoms with van der Waals surface area (Å²) in [6.07, 6.45) is 10.7. The molecular formula is C20H32IN5S. The van der Waals surface area contributed by atoms with Crippen LogP contribution in [0.4, 0.5) is 0 Å². The van der Waals surface area contributed by atoms with Crippen LogP contribution in [0.1, 0.15) is 30.7 Å². The van der Waals surface area contributed by atoms with Crippen LogP contribution >= 0.6 is 35.7 Å². The van der Waals surface area contributed by atoms with Gasteiger partial charge in [-0.2, -0.15) is 11.8 Å². The van der Waals surface area contributed by atoms with Gasteiger partial charge < -0.3 is 15.2 Å². The average molecular weight is 501 g/mol. The first-order valence-corrected chi connectivity index (χ1v) is 10.7. The third-order valence-electron chi connectivity index (χ3n) is 4.21. The van der Waals surface area contributed by atoms with Gasteiger partial charge in [-0.05, 0) is 43.3 Å². The Kier molecular flexibility index (Phi) is 13.0. The van der Waals surface area contributed by atoms with E-state index in [1.165, 1.54) is 17.7 Å². The zero-order chi connectivity index (χ0) is 18.5. The maximum Gasteiger partial charge on any atom is 0.191 e. The second-order valence-corrected chi connectivity index (χ2v) is 7.16. The summed E-state index contributed by atoms with van der Waals surface area (Å²) in [7, 11) is 1.81. The highest BCUT2D eigenvalue weighted by Gasteiger charge is 2.04. The van der Waals surface area contributed by atoms with Crippen molar-refractivity contribution in [1.82, 2.24) is 20.2 Å². The molecule has 0 aliphatic carbocycles. The Bertz CT molecular complexity index is 645. The first-order valence-electron chi connectivity index (χ1n) is 9.31. The fraction of sp³-hybridized carbons (Fsp3) is 0.500. The van der Waals surface area contributed by atoms with Crippen LogP contribution in [-0.2, 0) is 19.5 Å². The summed E-state index contributed by atoms with van der Waals surface area (Å²) in [5.74, 6) is 3.10. The van der Waals surface area contributed by atoms with Gasteiger partial charge in [-0.25, -0.2) is 4.98 Å². The van der Waals surface area contributed by atoms with Crippen LogP contribution in [0.5, 0.6) is 0 Å². The van der Waals surface area contributed by atoms with Crippen LogP contribution in [0, 0.1) is 0 Å². The first kappa shape index (κ1) is 23.8. The zero-order valence-electron chi connectivity index (χ0n) is 16.4. The molecule has 0 atom stereocenters. The molecule has 1 aromatic carbocycles. The lowest BCUT2D eigenvalue weighted by molar-refractivity contribution is 0.600. The van der Waals surface area contributed by atoms with E-state index in [4.69, 9.17) is 0 Å². The van der Waals surface area contributed by atoms with Crippen molar-refractivity contribution in [2.45, 2.75) is 38.8 Å². The molecule has 1 heterocycles. The summed E-state index contributed by atoms with van der Waals surface area (Å²) in [5.41, 5.74) is 1.39. The number of imidazole rings is 1. The topological polar surface area (TPSA) is 54.2 Å². The van der Waals surface area contributed by atoms with Crippen molar-refractivity contribution in [2.75, 3.05) is 25.6 Å². The molecule has 0 saturated heterocycles. The molecule has 0 aliphatic rings. The van der Waals surface area contributed by atoms with E-state index in [-0.39, 0.29) is 24.0 Å². The van der Waals surface area contributed by atoms with Crippen LogP contribution in [-0.4, -0.2) is 41.1 Å². The summed E-state index contributed by atoms with van der Waals surface area (Å²) >= 11 is 1.90.